The van der Waals surface area contributed by atoms with E-state index in [1.165, 1.54) is 0 Å². The highest BCUT2D eigenvalue weighted by molar-refractivity contribution is 6.01. The molecule has 36 heavy (non-hydrogen) atoms. The number of benzene rings is 1. The maximum absolute atomic E-state index is 13.2. The summed E-state index contributed by atoms with van der Waals surface area (Å²) in [6.45, 7) is 10.4. The predicted molar refractivity (Wildman–Crippen MR) is 138 cm³/mol. The number of aryl methyl sites for hydroxylation is 1. The molecule has 0 bridgehead atoms. The van der Waals surface area contributed by atoms with Gasteiger partial charge in [-0.1, -0.05) is 45.9 Å². The molecule has 2 aromatic rings. The number of Topliss-reactive ketones (excluding diaryl/α,β-unsaturated/α-hetero) is 1. The lowest BCUT2D eigenvalue weighted by Crippen LogP contribution is -2.52. The van der Waals surface area contributed by atoms with Crippen molar-refractivity contribution in [3.8, 4) is 0 Å². The molecule has 1 saturated heterocycles. The summed E-state index contributed by atoms with van der Waals surface area (Å²) in [6, 6.07) is 5.91. The minimum Gasteiger partial charge on any atom is -0.451 e. The number of nitrogens with one attached hydrogen (secondary N) is 2. The van der Waals surface area contributed by atoms with E-state index in [1.54, 1.807) is 11.0 Å². The highest BCUT2D eigenvalue weighted by Gasteiger charge is 2.32. The second-order valence-electron chi connectivity index (χ2n) is 10.6. The van der Waals surface area contributed by atoms with Crippen LogP contribution < -0.4 is 10.6 Å². The van der Waals surface area contributed by atoms with Crippen molar-refractivity contribution in [2.24, 2.45) is 11.8 Å². The first-order valence-electron chi connectivity index (χ1n) is 13.0. The van der Waals surface area contributed by atoms with Gasteiger partial charge < -0.3 is 20.0 Å². The zero-order valence-electron chi connectivity index (χ0n) is 22.1. The molecule has 2 N–H and O–H groups in total. The first kappa shape index (κ1) is 27.4. The third-order valence-electron chi connectivity index (χ3n) is 6.64. The number of amides is 3. The van der Waals surface area contributed by atoms with Crippen molar-refractivity contribution in [3.05, 3.63) is 35.6 Å². The Hall–Kier alpha value is -3.16. The Labute approximate surface area is 213 Å². The van der Waals surface area contributed by atoms with E-state index in [9.17, 15) is 19.2 Å². The van der Waals surface area contributed by atoms with Crippen LogP contribution in [0.5, 0.6) is 0 Å². The lowest BCUT2D eigenvalue weighted by atomic mass is 10.0. The number of nitrogens with zero attached hydrogens (tertiary/aromatic N) is 1. The van der Waals surface area contributed by atoms with Crippen LogP contribution in [0.2, 0.25) is 0 Å². The lowest BCUT2D eigenvalue weighted by Gasteiger charge is -2.23. The third-order valence-corrected chi connectivity index (χ3v) is 6.64. The maximum atomic E-state index is 13.2. The van der Waals surface area contributed by atoms with Crippen molar-refractivity contribution in [3.63, 3.8) is 0 Å². The quantitative estimate of drug-likeness (QED) is 0.544. The smallest absolute Gasteiger partial charge is 0.287 e. The normalized spacial score (nSPS) is 17.4. The molecule has 1 aromatic heterocycles. The van der Waals surface area contributed by atoms with E-state index in [2.05, 4.69) is 24.5 Å². The number of carbonyl (C=O) groups is 4. The molecule has 0 aliphatic carbocycles. The van der Waals surface area contributed by atoms with Gasteiger partial charge in [0.1, 0.15) is 11.6 Å². The Morgan fingerprint density at radius 2 is 1.83 bits per heavy atom. The van der Waals surface area contributed by atoms with Gasteiger partial charge >= 0.3 is 0 Å². The average molecular weight is 498 g/mol. The minimum atomic E-state index is -0.815. The number of rotatable bonds is 9. The summed E-state index contributed by atoms with van der Waals surface area (Å²) < 4.78 is 5.76. The molecular formula is C28H39N3O5. The molecule has 3 rings (SSSR count). The molecule has 1 aliphatic heterocycles. The molecule has 1 fully saturated rings. The zero-order valence-corrected chi connectivity index (χ0v) is 22.1. The molecular weight excluding hydrogens is 458 g/mol. The number of para-hydroxylation sites is 1. The van der Waals surface area contributed by atoms with E-state index in [4.69, 9.17) is 4.42 Å². The van der Waals surface area contributed by atoms with Gasteiger partial charge in [-0.3, -0.25) is 19.2 Å². The largest absolute Gasteiger partial charge is 0.451 e. The van der Waals surface area contributed by atoms with Gasteiger partial charge in [0, 0.05) is 23.9 Å². The molecule has 0 saturated carbocycles. The lowest BCUT2D eigenvalue weighted by molar-refractivity contribution is -0.135. The molecule has 1 unspecified atom stereocenters. The molecule has 2 atom stereocenters. The van der Waals surface area contributed by atoms with E-state index < -0.39 is 23.9 Å². The maximum Gasteiger partial charge on any atom is 0.287 e. The highest BCUT2D eigenvalue weighted by atomic mass is 16.3. The number of ketones is 1. The van der Waals surface area contributed by atoms with Gasteiger partial charge in [0.05, 0.1) is 12.6 Å². The van der Waals surface area contributed by atoms with E-state index in [-0.39, 0.29) is 29.9 Å². The van der Waals surface area contributed by atoms with Crippen molar-refractivity contribution in [1.82, 2.24) is 15.5 Å². The summed E-state index contributed by atoms with van der Waals surface area (Å²) in [5, 5.41) is 6.52. The van der Waals surface area contributed by atoms with Gasteiger partial charge in [0.25, 0.3) is 5.91 Å². The topological polar surface area (TPSA) is 109 Å². The fourth-order valence-electron chi connectivity index (χ4n) is 4.55. The van der Waals surface area contributed by atoms with Gasteiger partial charge in [-0.25, -0.2) is 0 Å². The van der Waals surface area contributed by atoms with Gasteiger partial charge in [-0.15, -0.1) is 0 Å². The Balaban J connectivity index is 1.66. The monoisotopic (exact) mass is 497 g/mol. The van der Waals surface area contributed by atoms with Crippen molar-refractivity contribution in [1.29, 1.82) is 0 Å². The van der Waals surface area contributed by atoms with E-state index >= 15 is 0 Å². The second-order valence-corrected chi connectivity index (χ2v) is 10.6. The summed E-state index contributed by atoms with van der Waals surface area (Å²) in [7, 11) is 0. The fourth-order valence-corrected chi connectivity index (χ4v) is 4.55. The molecule has 196 valence electrons. The number of furan rings is 1. The summed E-state index contributed by atoms with van der Waals surface area (Å²) in [5.41, 5.74) is 1.33. The molecule has 2 heterocycles. The summed E-state index contributed by atoms with van der Waals surface area (Å²) in [4.78, 5) is 53.4. The zero-order chi connectivity index (χ0) is 26.4. The molecule has 1 aromatic carbocycles. The molecule has 8 nitrogen and oxygen atoms in total. The van der Waals surface area contributed by atoms with Gasteiger partial charge in [0.2, 0.25) is 11.8 Å². The number of carbonyl (C=O) groups excluding carboxylic acids is 4. The number of likely N-dealkylation sites (tertiary alicyclic amines) is 1. The van der Waals surface area contributed by atoms with Crippen molar-refractivity contribution in [2.45, 2.75) is 78.8 Å². The Morgan fingerprint density at radius 1 is 1.11 bits per heavy atom. The first-order chi connectivity index (χ1) is 17.1. The fraction of sp³-hybridized carbons (Fsp3) is 0.571. The van der Waals surface area contributed by atoms with E-state index in [0.29, 0.717) is 49.3 Å². The van der Waals surface area contributed by atoms with Crippen LogP contribution in [0.4, 0.5) is 0 Å². The van der Waals surface area contributed by atoms with Crippen LogP contribution in [0.15, 0.2) is 28.7 Å². The van der Waals surface area contributed by atoms with E-state index in [1.807, 2.05) is 39.0 Å². The van der Waals surface area contributed by atoms with Gasteiger partial charge in [-0.05, 0) is 50.5 Å². The second kappa shape index (κ2) is 12.2. The predicted octanol–water partition coefficient (Wildman–Crippen LogP) is 4.00. The average Bonchev–Trinajstić information content (AvgIpc) is 3.05. The van der Waals surface area contributed by atoms with Gasteiger partial charge in [-0.2, -0.15) is 0 Å². The third kappa shape index (κ3) is 6.95. The Kier molecular flexibility index (Phi) is 9.29. The van der Waals surface area contributed by atoms with E-state index in [0.717, 1.165) is 11.8 Å². The van der Waals surface area contributed by atoms with Crippen molar-refractivity contribution >= 4 is 34.5 Å². The standard InChI is InChI=1S/C28H39N3O5/c1-17(2)12-13-25(33)31-14-8-10-21(23(32)16-31)29-27(34)22(15-18(3)4)30-28(35)26-19(5)20-9-6-7-11-24(20)36-26/h6-7,9,11,17-18,21-22H,8,10,12-16H2,1-5H3,(H,29,34)(H,30,35)/t21-,22?/m0/s1. The Morgan fingerprint density at radius 3 is 2.50 bits per heavy atom. The molecule has 0 radical (unpaired) electrons. The number of fused-ring (bicyclic) bond motifs is 1. The molecule has 8 heteroatoms. The van der Waals surface area contributed by atoms with Crippen LogP contribution in [0.25, 0.3) is 11.0 Å². The van der Waals surface area contributed by atoms with Crippen LogP contribution in [0.1, 0.15) is 75.9 Å². The van der Waals surface area contributed by atoms with Crippen LogP contribution in [0.3, 0.4) is 0 Å². The molecule has 3 amide bonds. The molecule has 0 spiro atoms. The summed E-state index contributed by atoms with van der Waals surface area (Å²) in [5.74, 6) is -0.324. The van der Waals surface area contributed by atoms with Crippen LogP contribution in [-0.2, 0) is 14.4 Å². The SMILES string of the molecule is Cc1c(C(=O)NC(CC(C)C)C(=O)N[C@H]2CCCN(C(=O)CCC(C)C)CC2=O)oc2ccccc12. The number of hydrogen-bond acceptors (Lipinski definition) is 5. The Bertz CT molecular complexity index is 1100. The van der Waals surface area contributed by atoms with Crippen LogP contribution in [0, 0.1) is 18.8 Å². The first-order valence-corrected chi connectivity index (χ1v) is 13.0. The molecule has 1 aliphatic rings. The van der Waals surface area contributed by atoms with Gasteiger partial charge in [0.15, 0.2) is 11.5 Å². The van der Waals surface area contributed by atoms with Crippen LogP contribution >= 0.6 is 0 Å². The summed E-state index contributed by atoms with van der Waals surface area (Å²) >= 11 is 0. The van der Waals surface area contributed by atoms with Crippen molar-refractivity contribution < 1.29 is 23.6 Å². The minimum absolute atomic E-state index is 0.00125. The van der Waals surface area contributed by atoms with Crippen molar-refractivity contribution in [2.75, 3.05) is 13.1 Å². The number of hydrogen-bond donors (Lipinski definition) is 2. The highest BCUT2D eigenvalue weighted by Crippen LogP contribution is 2.25. The van der Waals surface area contributed by atoms with Crippen LogP contribution in [-0.4, -0.2) is 53.6 Å². The summed E-state index contributed by atoms with van der Waals surface area (Å²) in [6.07, 6.45) is 2.71.